The van der Waals surface area contributed by atoms with Gasteiger partial charge in [-0.05, 0) is 36.7 Å². The fourth-order valence-electron chi connectivity index (χ4n) is 5.34. The van der Waals surface area contributed by atoms with E-state index >= 15 is 0 Å². The maximum absolute atomic E-state index is 12.7. The molecular weight excluding hydrogens is 320 g/mol. The van der Waals surface area contributed by atoms with Crippen LogP contribution in [0.1, 0.15) is 44.8 Å². The quantitative estimate of drug-likeness (QED) is 0.825. The molecule has 0 aromatic carbocycles. The Kier molecular flexibility index (Phi) is 3.46. The number of cyclic esters (lactones) is 1. The number of carbonyl (C=O) groups is 2. The van der Waals surface area contributed by atoms with E-state index in [4.69, 9.17) is 9.15 Å². The molecule has 0 spiro atoms. The predicted octanol–water partition coefficient (Wildman–Crippen LogP) is 3.89. The van der Waals surface area contributed by atoms with Gasteiger partial charge in [0.05, 0.1) is 18.4 Å². The minimum absolute atomic E-state index is 0.0166. The smallest absolute Gasteiger partial charge is 0.332 e. The van der Waals surface area contributed by atoms with E-state index in [0.717, 1.165) is 5.56 Å². The summed E-state index contributed by atoms with van der Waals surface area (Å²) in [4.78, 5) is 24.5. The molecule has 0 unspecified atom stereocenters. The van der Waals surface area contributed by atoms with Crippen molar-refractivity contribution >= 4 is 11.9 Å². The zero-order chi connectivity index (χ0) is 17.8. The van der Waals surface area contributed by atoms with Gasteiger partial charge in [-0.3, -0.25) is 4.79 Å². The van der Waals surface area contributed by atoms with Gasteiger partial charge in [0, 0.05) is 16.6 Å². The lowest BCUT2D eigenvalue weighted by Crippen LogP contribution is -2.55. The van der Waals surface area contributed by atoms with Crippen LogP contribution in [0.2, 0.25) is 0 Å². The van der Waals surface area contributed by atoms with E-state index in [1.54, 1.807) is 18.6 Å². The average Bonchev–Trinajstić information content (AvgIpc) is 3.07. The second-order valence-electron chi connectivity index (χ2n) is 7.95. The molecule has 2 fully saturated rings. The predicted molar refractivity (Wildman–Crippen MR) is 89.4 cm³/mol. The fourth-order valence-corrected chi connectivity index (χ4v) is 5.34. The summed E-state index contributed by atoms with van der Waals surface area (Å²) in [6.45, 7) is 4.14. The number of furan rings is 1. The Labute approximate surface area is 146 Å². The summed E-state index contributed by atoms with van der Waals surface area (Å²) in [7, 11) is 0. The van der Waals surface area contributed by atoms with Gasteiger partial charge in [-0.1, -0.05) is 32.1 Å². The van der Waals surface area contributed by atoms with Crippen molar-refractivity contribution in [2.45, 2.75) is 39.2 Å². The maximum Gasteiger partial charge on any atom is 0.332 e. The lowest BCUT2D eigenvalue weighted by Gasteiger charge is -2.57. The van der Waals surface area contributed by atoms with Crippen LogP contribution in [0.25, 0.3) is 0 Å². The Morgan fingerprint density at radius 3 is 2.84 bits per heavy atom. The minimum atomic E-state index is -0.872. The number of allylic oxidation sites excluding steroid dienone is 3. The summed E-state index contributed by atoms with van der Waals surface area (Å²) in [6.07, 6.45) is 10.5. The maximum atomic E-state index is 12.7. The molecular formula is C20H22O5. The summed E-state index contributed by atoms with van der Waals surface area (Å²) in [5, 5.41) is 9.67. The number of fused-ring (bicyclic) bond motifs is 3. The summed E-state index contributed by atoms with van der Waals surface area (Å²) in [5.41, 5.74) is 0.479. The van der Waals surface area contributed by atoms with Crippen molar-refractivity contribution in [3.63, 3.8) is 0 Å². The van der Waals surface area contributed by atoms with Gasteiger partial charge in [-0.2, -0.15) is 0 Å². The van der Waals surface area contributed by atoms with Gasteiger partial charge in [0.2, 0.25) is 0 Å². The highest BCUT2D eigenvalue weighted by molar-refractivity contribution is 5.89. The number of hydrogen-bond acceptors (Lipinski definition) is 4. The van der Waals surface area contributed by atoms with Crippen LogP contribution in [0, 0.1) is 22.7 Å². The molecule has 2 heterocycles. The first-order valence-corrected chi connectivity index (χ1v) is 8.71. The molecule has 2 aliphatic carbocycles. The normalized spacial score (nSPS) is 39.8. The van der Waals surface area contributed by atoms with Gasteiger partial charge in [0.1, 0.15) is 6.10 Å². The number of hydrogen-bond donors (Lipinski definition) is 1. The second kappa shape index (κ2) is 5.35. The van der Waals surface area contributed by atoms with Crippen LogP contribution in [0.4, 0.5) is 0 Å². The molecule has 1 N–H and O–H groups in total. The van der Waals surface area contributed by atoms with Crippen molar-refractivity contribution in [3.05, 3.63) is 48.0 Å². The molecule has 1 aromatic rings. The molecule has 0 bridgehead atoms. The Bertz CT molecular complexity index is 774. The number of aliphatic carboxylic acids is 1. The number of ether oxygens (including phenoxy) is 1. The Balaban J connectivity index is 1.75. The van der Waals surface area contributed by atoms with Gasteiger partial charge in [0.15, 0.2) is 0 Å². The summed E-state index contributed by atoms with van der Waals surface area (Å²) < 4.78 is 10.9. The van der Waals surface area contributed by atoms with E-state index < -0.39 is 11.4 Å². The molecule has 25 heavy (non-hydrogen) atoms. The lowest BCUT2D eigenvalue weighted by molar-refractivity contribution is -0.186. The highest BCUT2D eigenvalue weighted by atomic mass is 16.5. The van der Waals surface area contributed by atoms with Crippen molar-refractivity contribution < 1.29 is 23.8 Å². The zero-order valence-corrected chi connectivity index (χ0v) is 14.4. The standard InChI is InChI=1S/C20H22O5/c1-19-8-6-14-18(23)25-15(12-7-9-24-11-12)10-20(14,2)16(19)5-3-4-13(19)17(21)22/h3-5,7,9,11,14-16H,6,8,10H2,1-2H3,(H,21,22)/t14-,15+,16+,19-,20-/m0/s1. The Morgan fingerprint density at radius 2 is 2.16 bits per heavy atom. The van der Waals surface area contributed by atoms with Gasteiger partial charge in [0.25, 0.3) is 0 Å². The molecule has 5 nitrogen and oxygen atoms in total. The third kappa shape index (κ3) is 2.21. The van der Waals surface area contributed by atoms with Crippen molar-refractivity contribution in [3.8, 4) is 0 Å². The van der Waals surface area contributed by atoms with E-state index in [2.05, 4.69) is 13.0 Å². The van der Waals surface area contributed by atoms with Crippen LogP contribution in [0.15, 0.2) is 46.8 Å². The van der Waals surface area contributed by atoms with Crippen molar-refractivity contribution in [2.75, 3.05) is 0 Å². The van der Waals surface area contributed by atoms with Crippen LogP contribution in [-0.4, -0.2) is 17.0 Å². The molecule has 5 atom stereocenters. The third-order valence-corrected chi connectivity index (χ3v) is 6.64. The number of rotatable bonds is 2. The van der Waals surface area contributed by atoms with E-state index in [1.165, 1.54) is 0 Å². The Hall–Kier alpha value is -2.30. The highest BCUT2D eigenvalue weighted by Crippen LogP contribution is 2.63. The van der Waals surface area contributed by atoms with E-state index in [-0.39, 0.29) is 29.3 Å². The minimum Gasteiger partial charge on any atom is -0.478 e. The highest BCUT2D eigenvalue weighted by Gasteiger charge is 2.60. The molecule has 1 saturated carbocycles. The van der Waals surface area contributed by atoms with E-state index in [9.17, 15) is 14.7 Å². The van der Waals surface area contributed by atoms with E-state index in [0.29, 0.717) is 24.8 Å². The van der Waals surface area contributed by atoms with E-state index in [1.807, 2.05) is 19.1 Å². The van der Waals surface area contributed by atoms with Crippen LogP contribution in [0.5, 0.6) is 0 Å². The number of esters is 1. The van der Waals surface area contributed by atoms with Crippen molar-refractivity contribution in [2.24, 2.45) is 22.7 Å². The van der Waals surface area contributed by atoms with Crippen molar-refractivity contribution in [1.29, 1.82) is 0 Å². The SMILES string of the molecule is C[C@]12C[C@H](c3ccoc3)OC(=O)[C@@H]1CC[C@@]1(C)C(C(=O)O)=CC=C[C@@H]21. The lowest BCUT2D eigenvalue weighted by atomic mass is 9.47. The summed E-state index contributed by atoms with van der Waals surface area (Å²) in [6, 6.07) is 1.82. The molecule has 0 radical (unpaired) electrons. The topological polar surface area (TPSA) is 76.7 Å². The number of carboxylic acid groups (broad SMARTS) is 1. The number of carboxylic acids is 1. The van der Waals surface area contributed by atoms with Gasteiger partial charge in [-0.25, -0.2) is 4.79 Å². The molecule has 1 aliphatic heterocycles. The first-order valence-electron chi connectivity index (χ1n) is 8.71. The summed E-state index contributed by atoms with van der Waals surface area (Å²) >= 11 is 0. The Morgan fingerprint density at radius 1 is 1.36 bits per heavy atom. The molecule has 1 saturated heterocycles. The molecule has 4 rings (SSSR count). The summed E-state index contributed by atoms with van der Waals surface area (Å²) in [5.74, 6) is -1.27. The number of carbonyl (C=O) groups excluding carboxylic acids is 1. The van der Waals surface area contributed by atoms with Crippen LogP contribution in [0.3, 0.4) is 0 Å². The molecule has 1 aromatic heterocycles. The van der Waals surface area contributed by atoms with Crippen LogP contribution >= 0.6 is 0 Å². The van der Waals surface area contributed by atoms with Gasteiger partial charge < -0.3 is 14.3 Å². The van der Waals surface area contributed by atoms with Crippen LogP contribution in [-0.2, 0) is 14.3 Å². The first kappa shape index (κ1) is 16.2. The fraction of sp³-hybridized carbons (Fsp3) is 0.500. The molecule has 0 amide bonds. The first-order chi connectivity index (χ1) is 11.9. The third-order valence-electron chi connectivity index (χ3n) is 6.64. The average molecular weight is 342 g/mol. The van der Waals surface area contributed by atoms with Crippen molar-refractivity contribution in [1.82, 2.24) is 0 Å². The largest absolute Gasteiger partial charge is 0.478 e. The van der Waals surface area contributed by atoms with Crippen LogP contribution < -0.4 is 0 Å². The molecule has 132 valence electrons. The molecule has 3 aliphatic rings. The second-order valence-corrected chi connectivity index (χ2v) is 7.95. The zero-order valence-electron chi connectivity index (χ0n) is 14.4. The van der Waals surface area contributed by atoms with Gasteiger partial charge >= 0.3 is 11.9 Å². The van der Waals surface area contributed by atoms with Gasteiger partial charge in [-0.15, -0.1) is 0 Å². The molecule has 5 heteroatoms. The monoisotopic (exact) mass is 342 g/mol.